The zero-order chi connectivity index (χ0) is 13.3. The molecule has 1 fully saturated rings. The zero-order valence-corrected chi connectivity index (χ0v) is 11.3. The average molecular weight is 263 g/mol. The van der Waals surface area contributed by atoms with Crippen molar-refractivity contribution in [1.82, 2.24) is 10.0 Å². The highest BCUT2D eigenvalue weighted by molar-refractivity contribution is 7.88. The first-order valence-electron chi connectivity index (χ1n) is 5.67. The molecule has 1 aliphatic rings. The fourth-order valence-corrected chi connectivity index (χ4v) is 2.55. The first-order chi connectivity index (χ1) is 7.68. The Kier molecular flexibility index (Phi) is 4.16. The van der Waals surface area contributed by atoms with Crippen molar-refractivity contribution in [3.05, 3.63) is 0 Å². The highest BCUT2D eigenvalue weighted by Crippen LogP contribution is 2.38. The molecule has 4 N–H and O–H groups in total. The van der Waals surface area contributed by atoms with Crippen LogP contribution in [0.5, 0.6) is 0 Å². The summed E-state index contributed by atoms with van der Waals surface area (Å²) in [6.07, 6.45) is 3.14. The molecule has 0 saturated heterocycles. The van der Waals surface area contributed by atoms with E-state index in [0.29, 0.717) is 12.5 Å². The third-order valence-corrected chi connectivity index (χ3v) is 3.88. The summed E-state index contributed by atoms with van der Waals surface area (Å²) in [5.74, 6) is 0.0668. The lowest BCUT2D eigenvalue weighted by molar-refractivity contribution is -0.124. The molecule has 0 aliphatic heterocycles. The summed E-state index contributed by atoms with van der Waals surface area (Å²) in [6, 6.07) is -0.783. The molecule has 0 spiro atoms. The Balaban J connectivity index is 2.58. The van der Waals surface area contributed by atoms with Gasteiger partial charge in [-0.05, 0) is 32.6 Å². The molecule has 100 valence electrons. The molecule has 1 amide bonds. The van der Waals surface area contributed by atoms with Crippen LogP contribution >= 0.6 is 0 Å². The summed E-state index contributed by atoms with van der Waals surface area (Å²) < 4.78 is 24.3. The number of rotatable bonds is 6. The molecular weight excluding hydrogens is 242 g/mol. The van der Waals surface area contributed by atoms with Crippen molar-refractivity contribution in [3.63, 3.8) is 0 Å². The molecule has 0 heterocycles. The van der Waals surface area contributed by atoms with E-state index in [9.17, 15) is 13.2 Å². The maximum absolute atomic E-state index is 11.8. The molecule has 2 unspecified atom stereocenters. The minimum Gasteiger partial charge on any atom is -0.348 e. The van der Waals surface area contributed by atoms with Gasteiger partial charge in [-0.1, -0.05) is 0 Å². The van der Waals surface area contributed by atoms with E-state index < -0.39 is 21.6 Å². The minimum absolute atomic E-state index is 0.338. The van der Waals surface area contributed by atoms with Crippen molar-refractivity contribution in [2.75, 3.05) is 12.8 Å². The second-order valence-electron chi connectivity index (χ2n) is 5.00. The first kappa shape index (κ1) is 14.4. The van der Waals surface area contributed by atoms with Gasteiger partial charge in [0.25, 0.3) is 0 Å². The summed E-state index contributed by atoms with van der Waals surface area (Å²) in [5, 5.41) is 2.84. The smallest absolute Gasteiger partial charge is 0.238 e. The van der Waals surface area contributed by atoms with E-state index in [4.69, 9.17) is 5.73 Å². The number of carbonyl (C=O) groups excluding carboxylic acids is 1. The van der Waals surface area contributed by atoms with Crippen molar-refractivity contribution in [2.45, 2.75) is 38.3 Å². The highest BCUT2D eigenvalue weighted by Gasteiger charge is 2.42. The van der Waals surface area contributed by atoms with Crippen LogP contribution in [0.1, 0.15) is 26.7 Å². The van der Waals surface area contributed by atoms with Crippen LogP contribution < -0.4 is 15.8 Å². The molecule has 1 rings (SSSR count). The Bertz CT molecular complexity index is 392. The second-order valence-corrected chi connectivity index (χ2v) is 6.78. The van der Waals surface area contributed by atoms with Crippen molar-refractivity contribution in [3.8, 4) is 0 Å². The van der Waals surface area contributed by atoms with E-state index in [1.165, 1.54) is 6.92 Å². The number of nitrogens with one attached hydrogen (secondary N) is 2. The monoisotopic (exact) mass is 263 g/mol. The third-order valence-electron chi connectivity index (χ3n) is 3.10. The third kappa shape index (κ3) is 4.25. The van der Waals surface area contributed by atoms with Crippen LogP contribution in [0.4, 0.5) is 0 Å². The largest absolute Gasteiger partial charge is 0.348 e. The van der Waals surface area contributed by atoms with Crippen molar-refractivity contribution < 1.29 is 13.2 Å². The topological polar surface area (TPSA) is 101 Å². The fourth-order valence-electron chi connectivity index (χ4n) is 1.80. The van der Waals surface area contributed by atoms with E-state index in [0.717, 1.165) is 19.1 Å². The molecule has 0 radical (unpaired) electrons. The Labute approximate surface area is 102 Å². The highest BCUT2D eigenvalue weighted by atomic mass is 32.2. The zero-order valence-electron chi connectivity index (χ0n) is 10.5. The summed E-state index contributed by atoms with van der Waals surface area (Å²) >= 11 is 0. The lowest BCUT2D eigenvalue weighted by atomic mass is 9.95. The molecule has 0 aromatic carbocycles. The predicted molar refractivity (Wildman–Crippen MR) is 65.8 cm³/mol. The average Bonchev–Trinajstić information content (AvgIpc) is 2.97. The molecule has 2 atom stereocenters. The van der Waals surface area contributed by atoms with Crippen LogP contribution in [-0.2, 0) is 14.8 Å². The summed E-state index contributed by atoms with van der Waals surface area (Å²) in [4.78, 5) is 11.8. The SMILES string of the molecule is CC(NS(C)(=O)=O)C(=O)NC(C)(CN)C1CC1. The summed E-state index contributed by atoms with van der Waals surface area (Å²) in [5.41, 5.74) is 5.24. The van der Waals surface area contributed by atoms with Gasteiger partial charge in [-0.25, -0.2) is 13.1 Å². The Morgan fingerprint density at radius 1 is 1.53 bits per heavy atom. The second kappa shape index (κ2) is 4.91. The van der Waals surface area contributed by atoms with Crippen LogP contribution in [0.2, 0.25) is 0 Å². The lowest BCUT2D eigenvalue weighted by Crippen LogP contribution is -2.57. The number of sulfonamides is 1. The first-order valence-corrected chi connectivity index (χ1v) is 7.56. The van der Waals surface area contributed by atoms with E-state index in [-0.39, 0.29) is 5.91 Å². The van der Waals surface area contributed by atoms with Gasteiger partial charge in [0.1, 0.15) is 0 Å². The van der Waals surface area contributed by atoms with Crippen LogP contribution in [0.15, 0.2) is 0 Å². The van der Waals surface area contributed by atoms with E-state index in [1.54, 1.807) is 0 Å². The van der Waals surface area contributed by atoms with Crippen molar-refractivity contribution >= 4 is 15.9 Å². The van der Waals surface area contributed by atoms with Crippen molar-refractivity contribution in [1.29, 1.82) is 0 Å². The molecule has 7 heteroatoms. The Morgan fingerprint density at radius 2 is 2.06 bits per heavy atom. The molecule has 1 aliphatic carbocycles. The van der Waals surface area contributed by atoms with E-state index >= 15 is 0 Å². The van der Waals surface area contributed by atoms with E-state index in [2.05, 4.69) is 10.0 Å². The Morgan fingerprint density at radius 3 is 2.41 bits per heavy atom. The molecule has 17 heavy (non-hydrogen) atoms. The minimum atomic E-state index is -3.38. The summed E-state index contributed by atoms with van der Waals surface area (Å²) in [7, 11) is -3.38. The maximum Gasteiger partial charge on any atom is 0.238 e. The van der Waals surface area contributed by atoms with Gasteiger partial charge in [0.05, 0.1) is 17.8 Å². The van der Waals surface area contributed by atoms with Gasteiger partial charge in [0, 0.05) is 6.54 Å². The number of amides is 1. The lowest BCUT2D eigenvalue weighted by Gasteiger charge is -2.30. The number of hydrogen-bond donors (Lipinski definition) is 3. The van der Waals surface area contributed by atoms with Crippen LogP contribution in [-0.4, -0.2) is 38.7 Å². The fraction of sp³-hybridized carbons (Fsp3) is 0.900. The normalized spacial score (nSPS) is 21.6. The molecular formula is C10H21N3O3S. The van der Waals surface area contributed by atoms with Gasteiger partial charge < -0.3 is 11.1 Å². The van der Waals surface area contributed by atoms with Gasteiger partial charge in [-0.15, -0.1) is 0 Å². The van der Waals surface area contributed by atoms with Crippen molar-refractivity contribution in [2.24, 2.45) is 11.7 Å². The molecule has 0 aromatic rings. The number of nitrogens with two attached hydrogens (primary N) is 1. The molecule has 1 saturated carbocycles. The molecule has 0 bridgehead atoms. The quantitative estimate of drug-likeness (QED) is 0.582. The summed E-state index contributed by atoms with van der Waals surface area (Å²) in [6.45, 7) is 3.77. The number of carbonyl (C=O) groups is 1. The number of hydrogen-bond acceptors (Lipinski definition) is 4. The van der Waals surface area contributed by atoms with Gasteiger partial charge in [-0.3, -0.25) is 4.79 Å². The van der Waals surface area contributed by atoms with Gasteiger partial charge in [-0.2, -0.15) is 0 Å². The van der Waals surface area contributed by atoms with Crippen LogP contribution in [0.25, 0.3) is 0 Å². The molecule has 6 nitrogen and oxygen atoms in total. The van der Waals surface area contributed by atoms with Gasteiger partial charge in [0.15, 0.2) is 0 Å². The standard InChI is InChI=1S/C10H21N3O3S/c1-7(13-17(3,15)16)9(14)12-10(2,6-11)8-4-5-8/h7-8,13H,4-6,11H2,1-3H3,(H,12,14). The van der Waals surface area contributed by atoms with Crippen LogP contribution in [0, 0.1) is 5.92 Å². The Hall–Kier alpha value is -0.660. The molecule has 0 aromatic heterocycles. The van der Waals surface area contributed by atoms with Gasteiger partial charge in [0.2, 0.25) is 15.9 Å². The maximum atomic E-state index is 11.8. The van der Waals surface area contributed by atoms with E-state index in [1.807, 2.05) is 6.92 Å². The van der Waals surface area contributed by atoms with Gasteiger partial charge >= 0.3 is 0 Å². The van der Waals surface area contributed by atoms with Crippen LogP contribution in [0.3, 0.4) is 0 Å². The predicted octanol–water partition coefficient (Wildman–Crippen LogP) is -0.832.